The molecule has 0 saturated carbocycles. The Labute approximate surface area is 266 Å². The van der Waals surface area contributed by atoms with Gasteiger partial charge in [-0.05, 0) is 68.6 Å². The predicted molar refractivity (Wildman–Crippen MR) is 182 cm³/mol. The summed E-state index contributed by atoms with van der Waals surface area (Å²) >= 11 is 0. The van der Waals surface area contributed by atoms with Gasteiger partial charge >= 0.3 is 11.9 Å². The molecule has 4 N–H and O–H groups in total. The largest absolute Gasteiger partial charge is 0.507 e. The highest BCUT2D eigenvalue weighted by atomic mass is 16.4. The standard InChI is InChI=1S/C23H38O3.C15H22O3/c1-20(2,3)13-22(7,8)15-11-16(19(25)26)18(24)17(12-15)23(9,10)14-21(4,5)6;1-14(2,3)9-7-10(13(17)18)12(16)11(8-9)15(4,5)6/h11-12,24H,13-14H2,1-10H3,(H,25,26);7-8,16H,1-6H3,(H,17,18). The molecule has 0 aliphatic carbocycles. The molecule has 2 aromatic carbocycles. The maximum absolute atomic E-state index is 11.8. The quantitative estimate of drug-likeness (QED) is 0.258. The molecule has 0 atom stereocenters. The summed E-state index contributed by atoms with van der Waals surface area (Å²) in [5, 5.41) is 39.7. The summed E-state index contributed by atoms with van der Waals surface area (Å²) in [5.74, 6) is -2.39. The van der Waals surface area contributed by atoms with Crippen LogP contribution in [-0.2, 0) is 21.7 Å². The van der Waals surface area contributed by atoms with Gasteiger partial charge in [0.05, 0.1) is 0 Å². The molecule has 0 aliphatic heterocycles. The highest BCUT2D eigenvalue weighted by molar-refractivity contribution is 5.92. The van der Waals surface area contributed by atoms with Crippen LogP contribution in [0.1, 0.15) is 167 Å². The first-order valence-corrected chi connectivity index (χ1v) is 15.5. The Balaban J connectivity index is 0.000000470. The van der Waals surface area contributed by atoms with E-state index in [0.717, 1.165) is 29.5 Å². The summed E-state index contributed by atoms with van der Waals surface area (Å²) in [6.45, 7) is 33.5. The van der Waals surface area contributed by atoms with E-state index in [1.165, 1.54) is 0 Å². The average Bonchev–Trinajstić information content (AvgIpc) is 2.74. The van der Waals surface area contributed by atoms with Gasteiger partial charge in [-0.3, -0.25) is 0 Å². The predicted octanol–water partition coefficient (Wildman–Crippen LogP) is 10.2. The Hall–Kier alpha value is -3.02. The number of carboxylic acid groups (broad SMARTS) is 2. The molecule has 2 rings (SSSR count). The van der Waals surface area contributed by atoms with Crippen molar-refractivity contribution in [3.8, 4) is 11.5 Å². The topological polar surface area (TPSA) is 115 Å². The molecule has 0 fully saturated rings. The molecule has 0 aromatic heterocycles. The summed E-state index contributed by atoms with van der Waals surface area (Å²) in [6, 6.07) is 7.15. The lowest BCUT2D eigenvalue weighted by Crippen LogP contribution is -2.28. The van der Waals surface area contributed by atoms with E-state index in [9.17, 15) is 30.0 Å². The van der Waals surface area contributed by atoms with Gasteiger partial charge in [-0.1, -0.05) is 123 Å². The van der Waals surface area contributed by atoms with Gasteiger partial charge in [0.15, 0.2) is 0 Å². The van der Waals surface area contributed by atoms with Crippen molar-refractivity contribution in [3.05, 3.63) is 57.6 Å². The van der Waals surface area contributed by atoms with E-state index in [1.54, 1.807) is 12.1 Å². The minimum Gasteiger partial charge on any atom is -0.507 e. The number of aromatic carboxylic acids is 2. The second-order valence-corrected chi connectivity index (χ2v) is 18.2. The Kier molecular flexibility index (Phi) is 11.3. The van der Waals surface area contributed by atoms with Crippen LogP contribution in [0.4, 0.5) is 0 Å². The van der Waals surface area contributed by atoms with Crippen LogP contribution in [0.15, 0.2) is 24.3 Å². The van der Waals surface area contributed by atoms with Gasteiger partial charge in [0.2, 0.25) is 0 Å². The minimum absolute atomic E-state index is 0.00136. The zero-order chi connectivity index (χ0) is 35.0. The van der Waals surface area contributed by atoms with Gasteiger partial charge in [0.1, 0.15) is 22.6 Å². The normalized spacial score (nSPS) is 13.3. The SMILES string of the molecule is CC(C)(C)CC(C)(C)c1cc(C(=O)O)c(O)c(C(C)(C)CC(C)(C)C)c1.CC(C)(C)c1cc(C(=O)O)c(O)c(C(C)(C)C)c1. The molecule has 6 heteroatoms. The lowest BCUT2D eigenvalue weighted by molar-refractivity contribution is 0.0681. The van der Waals surface area contributed by atoms with E-state index in [-0.39, 0.29) is 55.1 Å². The summed E-state index contributed by atoms with van der Waals surface area (Å²) in [5.41, 5.74) is 2.48. The number of carbonyl (C=O) groups is 2. The monoisotopic (exact) mass is 612 g/mol. The molecule has 0 heterocycles. The fourth-order valence-corrected chi connectivity index (χ4v) is 6.36. The lowest BCUT2D eigenvalue weighted by atomic mass is 9.68. The Bertz CT molecular complexity index is 1350. The molecule has 0 unspecified atom stereocenters. The smallest absolute Gasteiger partial charge is 0.339 e. The van der Waals surface area contributed by atoms with E-state index in [0.29, 0.717) is 5.56 Å². The second kappa shape index (κ2) is 12.8. The third-order valence-electron chi connectivity index (χ3n) is 7.81. The Morgan fingerprint density at radius 2 is 0.841 bits per heavy atom. The third-order valence-corrected chi connectivity index (χ3v) is 7.81. The summed E-state index contributed by atoms with van der Waals surface area (Å²) in [7, 11) is 0. The molecular formula is C38H60O6. The maximum atomic E-state index is 11.8. The van der Waals surface area contributed by atoms with Crippen LogP contribution in [0.2, 0.25) is 0 Å². The van der Waals surface area contributed by atoms with Crippen LogP contribution in [-0.4, -0.2) is 32.4 Å². The van der Waals surface area contributed by atoms with Crippen molar-refractivity contribution < 1.29 is 30.0 Å². The van der Waals surface area contributed by atoms with Crippen molar-refractivity contribution in [2.24, 2.45) is 10.8 Å². The molecule has 248 valence electrons. The number of aromatic hydroxyl groups is 2. The zero-order valence-electron chi connectivity index (χ0n) is 30.3. The Morgan fingerprint density at radius 1 is 0.500 bits per heavy atom. The van der Waals surface area contributed by atoms with Crippen LogP contribution in [0.3, 0.4) is 0 Å². The molecule has 0 saturated heterocycles. The van der Waals surface area contributed by atoms with Gasteiger partial charge in [-0.2, -0.15) is 0 Å². The van der Waals surface area contributed by atoms with Crippen molar-refractivity contribution >= 4 is 11.9 Å². The number of phenols is 2. The van der Waals surface area contributed by atoms with Gasteiger partial charge < -0.3 is 20.4 Å². The third kappa shape index (κ3) is 10.6. The second-order valence-electron chi connectivity index (χ2n) is 18.2. The fraction of sp³-hybridized carbons (Fsp3) is 0.632. The number of benzene rings is 2. The molecule has 0 bridgehead atoms. The van der Waals surface area contributed by atoms with E-state index in [4.69, 9.17) is 0 Å². The Morgan fingerprint density at radius 3 is 1.18 bits per heavy atom. The fourth-order valence-electron chi connectivity index (χ4n) is 6.36. The van der Waals surface area contributed by atoms with E-state index >= 15 is 0 Å². The number of hydrogen-bond donors (Lipinski definition) is 4. The maximum Gasteiger partial charge on any atom is 0.339 e. The first-order chi connectivity index (χ1) is 19.3. The van der Waals surface area contributed by atoms with Crippen LogP contribution in [0.25, 0.3) is 0 Å². The average molecular weight is 613 g/mol. The minimum atomic E-state index is -1.09. The molecule has 6 nitrogen and oxygen atoms in total. The molecule has 0 amide bonds. The van der Waals surface area contributed by atoms with Gasteiger partial charge in [-0.15, -0.1) is 0 Å². The van der Waals surface area contributed by atoms with E-state index in [2.05, 4.69) is 69.2 Å². The number of carboxylic acids is 2. The molecule has 0 aliphatic rings. The molecule has 2 aromatic rings. The van der Waals surface area contributed by atoms with Gasteiger partial charge in [-0.25, -0.2) is 9.59 Å². The van der Waals surface area contributed by atoms with Crippen LogP contribution >= 0.6 is 0 Å². The van der Waals surface area contributed by atoms with E-state index in [1.807, 2.05) is 53.7 Å². The van der Waals surface area contributed by atoms with Gasteiger partial charge in [0.25, 0.3) is 0 Å². The van der Waals surface area contributed by atoms with Crippen molar-refractivity contribution in [3.63, 3.8) is 0 Å². The van der Waals surface area contributed by atoms with Crippen LogP contribution < -0.4 is 0 Å². The van der Waals surface area contributed by atoms with E-state index < -0.39 is 11.9 Å². The van der Waals surface area contributed by atoms with Crippen LogP contribution in [0, 0.1) is 10.8 Å². The first-order valence-electron chi connectivity index (χ1n) is 15.5. The number of rotatable bonds is 6. The van der Waals surface area contributed by atoms with Crippen molar-refractivity contribution in [1.29, 1.82) is 0 Å². The van der Waals surface area contributed by atoms with Crippen molar-refractivity contribution in [2.75, 3.05) is 0 Å². The summed E-state index contributed by atoms with van der Waals surface area (Å²) < 4.78 is 0. The highest BCUT2D eigenvalue weighted by Gasteiger charge is 2.35. The molecule has 0 spiro atoms. The van der Waals surface area contributed by atoms with Crippen molar-refractivity contribution in [1.82, 2.24) is 0 Å². The van der Waals surface area contributed by atoms with Crippen molar-refractivity contribution in [2.45, 2.75) is 145 Å². The highest BCUT2D eigenvalue weighted by Crippen LogP contribution is 2.45. The van der Waals surface area contributed by atoms with Gasteiger partial charge in [0, 0.05) is 11.1 Å². The summed E-state index contributed by atoms with van der Waals surface area (Å²) in [4.78, 5) is 23.0. The lowest BCUT2D eigenvalue weighted by Gasteiger charge is -2.37. The molecule has 44 heavy (non-hydrogen) atoms. The zero-order valence-corrected chi connectivity index (χ0v) is 30.3. The number of hydrogen-bond acceptors (Lipinski definition) is 4. The summed E-state index contributed by atoms with van der Waals surface area (Å²) in [6.07, 6.45) is 1.76. The first kappa shape index (κ1) is 39.0. The van der Waals surface area contributed by atoms with Crippen LogP contribution in [0.5, 0.6) is 11.5 Å². The molecule has 0 radical (unpaired) electrons. The molecular weight excluding hydrogens is 552 g/mol.